The smallest absolute Gasteiger partial charge is 0.223 e. The van der Waals surface area contributed by atoms with Crippen molar-refractivity contribution in [1.29, 1.82) is 0 Å². The summed E-state index contributed by atoms with van der Waals surface area (Å²) in [5, 5.41) is 13.3. The molecule has 2 aliphatic rings. The highest BCUT2D eigenvalue weighted by Crippen LogP contribution is 2.33. The third-order valence-corrected chi connectivity index (χ3v) is 4.98. The quantitative estimate of drug-likeness (QED) is 0.912. The van der Waals surface area contributed by atoms with Crippen LogP contribution in [0.2, 0.25) is 0 Å². The van der Waals surface area contributed by atoms with Crippen LogP contribution in [0.5, 0.6) is 0 Å². The van der Waals surface area contributed by atoms with Crippen LogP contribution in [0.25, 0.3) is 0 Å². The lowest BCUT2D eigenvalue weighted by Crippen LogP contribution is -2.35. The second-order valence-corrected chi connectivity index (χ2v) is 6.53. The largest absolute Gasteiger partial charge is 0.390 e. The molecular weight excluding hydrogens is 302 g/mol. The second-order valence-electron chi connectivity index (χ2n) is 6.53. The number of aliphatic hydroxyl groups excluding tert-OH is 1. The predicted octanol–water partition coefficient (Wildman–Crippen LogP) is 2.47. The number of nitrogens with one attached hydrogen (secondary N) is 1. The first-order valence-electron chi connectivity index (χ1n) is 8.47. The summed E-state index contributed by atoms with van der Waals surface area (Å²) in [4.78, 5) is 12.5. The average Bonchev–Trinajstić information content (AvgIpc) is 2.91. The molecular formula is C20H21NO3. The van der Waals surface area contributed by atoms with Gasteiger partial charge >= 0.3 is 0 Å². The first-order valence-corrected chi connectivity index (χ1v) is 8.47. The van der Waals surface area contributed by atoms with Crippen molar-refractivity contribution in [3.8, 4) is 0 Å². The Hall–Kier alpha value is -2.17. The molecule has 4 nitrogen and oxygen atoms in total. The molecule has 0 radical (unpaired) electrons. The van der Waals surface area contributed by atoms with Gasteiger partial charge in [0.2, 0.25) is 5.91 Å². The number of aliphatic hydroxyl groups is 1. The first-order chi connectivity index (χ1) is 11.7. The highest BCUT2D eigenvalue weighted by atomic mass is 16.5. The SMILES string of the molecule is O=C(CC1OCCc2ccccc21)NC1c2ccccc2CC1O. The highest BCUT2D eigenvalue weighted by Gasteiger charge is 2.32. The van der Waals surface area contributed by atoms with Gasteiger partial charge < -0.3 is 15.2 Å². The number of amides is 1. The van der Waals surface area contributed by atoms with Crippen molar-refractivity contribution in [2.24, 2.45) is 0 Å². The van der Waals surface area contributed by atoms with Crippen molar-refractivity contribution in [3.05, 3.63) is 70.8 Å². The molecule has 1 aliphatic heterocycles. The van der Waals surface area contributed by atoms with E-state index in [9.17, 15) is 9.90 Å². The molecule has 2 aromatic rings. The van der Waals surface area contributed by atoms with Crippen molar-refractivity contribution in [2.75, 3.05) is 6.61 Å². The average molecular weight is 323 g/mol. The Labute approximate surface area is 141 Å². The highest BCUT2D eigenvalue weighted by molar-refractivity contribution is 5.77. The van der Waals surface area contributed by atoms with Gasteiger partial charge in [0.05, 0.1) is 31.3 Å². The zero-order chi connectivity index (χ0) is 16.5. The van der Waals surface area contributed by atoms with Gasteiger partial charge in [-0.05, 0) is 28.7 Å². The van der Waals surface area contributed by atoms with Gasteiger partial charge in [-0.25, -0.2) is 0 Å². The molecule has 3 unspecified atom stereocenters. The summed E-state index contributed by atoms with van der Waals surface area (Å²) in [6.45, 7) is 0.643. The molecule has 4 heteroatoms. The van der Waals surface area contributed by atoms with Crippen LogP contribution in [0.15, 0.2) is 48.5 Å². The van der Waals surface area contributed by atoms with Crippen LogP contribution in [-0.4, -0.2) is 23.7 Å². The second kappa shape index (κ2) is 6.38. The fourth-order valence-corrected chi connectivity index (χ4v) is 3.79. The van der Waals surface area contributed by atoms with Gasteiger partial charge in [-0.3, -0.25) is 4.79 Å². The molecule has 0 spiro atoms. The van der Waals surface area contributed by atoms with Crippen molar-refractivity contribution >= 4 is 5.91 Å². The Balaban J connectivity index is 1.47. The van der Waals surface area contributed by atoms with Gasteiger partial charge in [0.15, 0.2) is 0 Å². The van der Waals surface area contributed by atoms with Crippen molar-refractivity contribution in [2.45, 2.75) is 37.5 Å². The summed E-state index contributed by atoms with van der Waals surface area (Å²) in [6.07, 6.45) is 0.990. The molecule has 0 saturated heterocycles. The number of fused-ring (bicyclic) bond motifs is 2. The van der Waals surface area contributed by atoms with E-state index in [0.717, 1.165) is 23.1 Å². The molecule has 0 bridgehead atoms. The molecule has 1 aliphatic carbocycles. The van der Waals surface area contributed by atoms with E-state index < -0.39 is 6.10 Å². The monoisotopic (exact) mass is 323 g/mol. The van der Waals surface area contributed by atoms with Crippen LogP contribution in [0.3, 0.4) is 0 Å². The first kappa shape index (κ1) is 15.4. The number of hydrogen-bond donors (Lipinski definition) is 2. The van der Waals surface area contributed by atoms with E-state index in [2.05, 4.69) is 11.4 Å². The zero-order valence-corrected chi connectivity index (χ0v) is 13.4. The van der Waals surface area contributed by atoms with Gasteiger partial charge in [0.25, 0.3) is 0 Å². The molecule has 3 atom stereocenters. The van der Waals surface area contributed by atoms with E-state index >= 15 is 0 Å². The van der Waals surface area contributed by atoms with Crippen LogP contribution < -0.4 is 5.32 Å². The van der Waals surface area contributed by atoms with Crippen LogP contribution in [0.1, 0.15) is 40.8 Å². The number of carbonyl (C=O) groups is 1. The Kier molecular flexibility index (Phi) is 4.08. The summed E-state index contributed by atoms with van der Waals surface area (Å²) >= 11 is 0. The van der Waals surface area contributed by atoms with E-state index in [1.54, 1.807) is 0 Å². The molecule has 0 aromatic heterocycles. The summed E-state index contributed by atoms with van der Waals surface area (Å²) < 4.78 is 5.81. The Morgan fingerprint density at radius 2 is 1.79 bits per heavy atom. The number of rotatable bonds is 3. The minimum atomic E-state index is -0.564. The van der Waals surface area contributed by atoms with E-state index in [-0.39, 0.29) is 24.5 Å². The molecule has 24 heavy (non-hydrogen) atoms. The van der Waals surface area contributed by atoms with E-state index in [1.807, 2.05) is 42.5 Å². The fraction of sp³-hybridized carbons (Fsp3) is 0.350. The summed E-state index contributed by atoms with van der Waals surface area (Å²) in [5.41, 5.74) is 4.48. The summed E-state index contributed by atoms with van der Waals surface area (Å²) in [7, 11) is 0. The van der Waals surface area contributed by atoms with Crippen LogP contribution in [0, 0.1) is 0 Å². The predicted molar refractivity (Wildman–Crippen MR) is 90.5 cm³/mol. The molecule has 2 aromatic carbocycles. The number of ether oxygens (including phenoxy) is 1. The molecule has 1 heterocycles. The van der Waals surface area contributed by atoms with Gasteiger partial charge in [-0.1, -0.05) is 48.5 Å². The molecule has 1 amide bonds. The van der Waals surface area contributed by atoms with Gasteiger partial charge in [-0.15, -0.1) is 0 Å². The Morgan fingerprint density at radius 3 is 2.62 bits per heavy atom. The van der Waals surface area contributed by atoms with Gasteiger partial charge in [-0.2, -0.15) is 0 Å². The number of benzene rings is 2. The molecule has 124 valence electrons. The van der Waals surface area contributed by atoms with Crippen molar-refractivity contribution < 1.29 is 14.6 Å². The standard InChI is InChI=1S/C20H21NO3/c22-17-11-14-6-2-4-8-16(14)20(17)21-19(23)12-18-15-7-3-1-5-13(15)9-10-24-18/h1-8,17-18,20,22H,9-12H2,(H,21,23). The fourth-order valence-electron chi connectivity index (χ4n) is 3.79. The lowest BCUT2D eigenvalue weighted by molar-refractivity contribution is -0.126. The Morgan fingerprint density at radius 1 is 1.08 bits per heavy atom. The van der Waals surface area contributed by atoms with Gasteiger partial charge in [0.1, 0.15) is 0 Å². The maximum Gasteiger partial charge on any atom is 0.223 e. The molecule has 2 N–H and O–H groups in total. The maximum absolute atomic E-state index is 12.5. The normalized spacial score (nSPS) is 25.0. The minimum absolute atomic E-state index is 0.0857. The number of carbonyl (C=O) groups excluding carboxylic acids is 1. The zero-order valence-electron chi connectivity index (χ0n) is 13.4. The van der Waals surface area contributed by atoms with Crippen LogP contribution in [-0.2, 0) is 22.4 Å². The van der Waals surface area contributed by atoms with Gasteiger partial charge in [0, 0.05) is 6.42 Å². The number of hydrogen-bond acceptors (Lipinski definition) is 3. The van der Waals surface area contributed by atoms with Crippen molar-refractivity contribution in [3.63, 3.8) is 0 Å². The molecule has 0 saturated carbocycles. The maximum atomic E-state index is 12.5. The topological polar surface area (TPSA) is 58.6 Å². The third kappa shape index (κ3) is 2.83. The van der Waals surface area contributed by atoms with E-state index in [1.165, 1.54) is 5.56 Å². The molecule has 0 fully saturated rings. The van der Waals surface area contributed by atoms with Crippen molar-refractivity contribution in [1.82, 2.24) is 5.32 Å². The van der Waals surface area contributed by atoms with E-state index in [0.29, 0.717) is 13.0 Å². The Bertz CT molecular complexity index is 758. The van der Waals surface area contributed by atoms with E-state index in [4.69, 9.17) is 4.74 Å². The summed E-state index contributed by atoms with van der Waals surface area (Å²) in [6, 6.07) is 15.7. The summed E-state index contributed by atoms with van der Waals surface area (Å²) in [5.74, 6) is -0.0857. The van der Waals surface area contributed by atoms with Crippen LogP contribution in [0.4, 0.5) is 0 Å². The lowest BCUT2D eigenvalue weighted by atomic mass is 9.95. The third-order valence-electron chi connectivity index (χ3n) is 4.98. The molecule has 4 rings (SSSR count). The minimum Gasteiger partial charge on any atom is -0.390 e. The van der Waals surface area contributed by atoms with Crippen LogP contribution >= 0.6 is 0 Å². The lowest BCUT2D eigenvalue weighted by Gasteiger charge is -2.26.